The van der Waals surface area contributed by atoms with E-state index >= 15 is 0 Å². The third kappa shape index (κ3) is 8.63. The molecule has 0 spiro atoms. The van der Waals surface area contributed by atoms with Crippen molar-refractivity contribution in [2.75, 3.05) is 32.6 Å². The molecule has 0 saturated heterocycles. The van der Waals surface area contributed by atoms with Crippen LogP contribution in [0.5, 0.6) is 0 Å². The number of carbonyl (C=O) groups excluding carboxylic acids is 2. The van der Waals surface area contributed by atoms with Crippen LogP contribution in [0.15, 0.2) is 25.3 Å². The van der Waals surface area contributed by atoms with Crippen molar-refractivity contribution in [2.24, 2.45) is 0 Å². The summed E-state index contributed by atoms with van der Waals surface area (Å²) in [6, 6.07) is 0. The Balaban J connectivity index is 3.92. The Labute approximate surface area is 118 Å². The second-order valence-corrected chi connectivity index (χ2v) is 5.71. The Morgan fingerprint density at radius 1 is 0.950 bits per heavy atom. The van der Waals surface area contributed by atoms with Gasteiger partial charge in [0.1, 0.15) is 13.2 Å². The highest BCUT2D eigenvalue weighted by Gasteiger charge is 2.21. The van der Waals surface area contributed by atoms with Gasteiger partial charge in [0.05, 0.1) is 13.2 Å². The summed E-state index contributed by atoms with van der Waals surface area (Å²) in [5.41, 5.74) is 0. The molecule has 114 valence electrons. The molecule has 8 heteroatoms. The maximum atomic E-state index is 12.0. The average Bonchev–Trinajstić information content (AvgIpc) is 2.47. The molecule has 0 heterocycles. The van der Waals surface area contributed by atoms with Gasteiger partial charge in [0.25, 0.3) is 0 Å². The Kier molecular flexibility index (Phi) is 9.63. The van der Waals surface area contributed by atoms with Gasteiger partial charge in [-0.15, -0.1) is 0 Å². The second kappa shape index (κ2) is 10.4. The van der Waals surface area contributed by atoms with E-state index in [0.717, 1.165) is 12.2 Å². The Morgan fingerprint density at radius 3 is 1.65 bits per heavy atom. The van der Waals surface area contributed by atoms with Crippen molar-refractivity contribution in [2.45, 2.75) is 6.92 Å². The Bertz CT molecular complexity index is 359. The van der Waals surface area contributed by atoms with Gasteiger partial charge in [-0.2, -0.15) is 0 Å². The number of hydrogen-bond donors (Lipinski definition) is 0. The zero-order valence-electron chi connectivity index (χ0n) is 11.4. The van der Waals surface area contributed by atoms with Gasteiger partial charge in [0, 0.05) is 18.3 Å². The predicted octanol–water partition coefficient (Wildman–Crippen LogP) is 1.69. The van der Waals surface area contributed by atoms with Crippen LogP contribution in [-0.2, 0) is 32.7 Å². The molecular formula is C12H19O7P. The fraction of sp³-hybridized carbons (Fsp3) is 0.500. The molecule has 0 aliphatic rings. The highest BCUT2D eigenvalue weighted by atomic mass is 31.2. The normalized spacial score (nSPS) is 10.7. The van der Waals surface area contributed by atoms with Crippen LogP contribution < -0.4 is 0 Å². The molecule has 0 N–H and O–H groups in total. The molecule has 0 rings (SSSR count). The van der Waals surface area contributed by atoms with E-state index in [-0.39, 0.29) is 32.6 Å². The van der Waals surface area contributed by atoms with Crippen LogP contribution in [0.2, 0.25) is 0 Å². The van der Waals surface area contributed by atoms with Gasteiger partial charge in [-0.1, -0.05) is 20.1 Å². The summed E-state index contributed by atoms with van der Waals surface area (Å²) in [7, 11) is -3.27. The van der Waals surface area contributed by atoms with E-state index in [4.69, 9.17) is 9.05 Å². The lowest BCUT2D eigenvalue weighted by Crippen LogP contribution is -2.11. The van der Waals surface area contributed by atoms with E-state index in [1.807, 2.05) is 0 Å². The van der Waals surface area contributed by atoms with E-state index in [9.17, 15) is 14.2 Å². The largest absolute Gasteiger partial charge is 0.460 e. The molecule has 0 unspecified atom stereocenters. The first-order valence-corrected chi connectivity index (χ1v) is 7.66. The third-order valence-electron chi connectivity index (χ3n) is 1.95. The molecule has 0 saturated carbocycles. The van der Waals surface area contributed by atoms with Crippen molar-refractivity contribution in [1.82, 2.24) is 0 Å². The standard InChI is InChI=1S/C12H19O7P/c1-4-11(13)16-7-9-18-20(15,6-3)19-10-8-17-12(14)5-2/h4-5H,1-2,6-10H2,3H3. The molecule has 0 amide bonds. The van der Waals surface area contributed by atoms with Crippen LogP contribution in [0.25, 0.3) is 0 Å². The summed E-state index contributed by atoms with van der Waals surface area (Å²) >= 11 is 0. The van der Waals surface area contributed by atoms with E-state index in [1.54, 1.807) is 6.92 Å². The molecule has 0 aromatic rings. The molecule has 0 aliphatic carbocycles. The summed E-state index contributed by atoms with van der Waals surface area (Å²) < 4.78 is 31.5. The first-order valence-electron chi connectivity index (χ1n) is 5.94. The molecule has 0 radical (unpaired) electrons. The number of rotatable bonds is 11. The lowest BCUT2D eigenvalue weighted by Gasteiger charge is -2.16. The molecule has 0 aliphatic heterocycles. The molecule has 0 atom stereocenters. The second-order valence-electron chi connectivity index (χ2n) is 3.34. The van der Waals surface area contributed by atoms with Crippen molar-refractivity contribution in [3.8, 4) is 0 Å². The van der Waals surface area contributed by atoms with Gasteiger partial charge in [-0.05, 0) is 0 Å². The van der Waals surface area contributed by atoms with E-state index in [1.165, 1.54) is 0 Å². The summed E-state index contributed by atoms with van der Waals surface area (Å²) in [6.07, 6.45) is 2.19. The van der Waals surface area contributed by atoms with Crippen LogP contribution in [0.3, 0.4) is 0 Å². The highest BCUT2D eigenvalue weighted by molar-refractivity contribution is 7.53. The molecular weight excluding hydrogens is 287 g/mol. The quantitative estimate of drug-likeness (QED) is 0.248. The van der Waals surface area contributed by atoms with Gasteiger partial charge < -0.3 is 18.5 Å². The summed E-state index contributed by atoms with van der Waals surface area (Å²) in [4.78, 5) is 21.5. The van der Waals surface area contributed by atoms with Crippen LogP contribution in [-0.4, -0.2) is 44.5 Å². The van der Waals surface area contributed by atoms with Crippen molar-refractivity contribution in [3.63, 3.8) is 0 Å². The van der Waals surface area contributed by atoms with E-state index in [0.29, 0.717) is 0 Å². The molecule has 0 aromatic heterocycles. The lowest BCUT2D eigenvalue weighted by atomic mass is 10.6. The third-order valence-corrected chi connectivity index (χ3v) is 3.88. The maximum Gasteiger partial charge on any atom is 0.330 e. The molecule has 0 aromatic carbocycles. The monoisotopic (exact) mass is 306 g/mol. The lowest BCUT2D eigenvalue weighted by molar-refractivity contribution is -0.139. The molecule has 7 nitrogen and oxygen atoms in total. The molecule has 20 heavy (non-hydrogen) atoms. The van der Waals surface area contributed by atoms with E-state index < -0.39 is 19.5 Å². The van der Waals surface area contributed by atoms with Crippen LogP contribution in [0, 0.1) is 0 Å². The van der Waals surface area contributed by atoms with Crippen LogP contribution in [0.1, 0.15) is 6.92 Å². The summed E-state index contributed by atoms with van der Waals surface area (Å²) in [5, 5.41) is 0. The highest BCUT2D eigenvalue weighted by Crippen LogP contribution is 2.47. The number of carbonyl (C=O) groups is 2. The number of ether oxygens (including phenoxy) is 2. The smallest absolute Gasteiger partial charge is 0.330 e. The fourth-order valence-electron chi connectivity index (χ4n) is 0.975. The van der Waals surface area contributed by atoms with Crippen LogP contribution >= 0.6 is 7.60 Å². The topological polar surface area (TPSA) is 88.1 Å². The van der Waals surface area contributed by atoms with Crippen molar-refractivity contribution < 1.29 is 32.7 Å². The van der Waals surface area contributed by atoms with Gasteiger partial charge in [0.2, 0.25) is 0 Å². The zero-order chi connectivity index (χ0) is 15.4. The first-order chi connectivity index (χ1) is 9.47. The first kappa shape index (κ1) is 18.6. The predicted molar refractivity (Wildman–Crippen MR) is 72.4 cm³/mol. The average molecular weight is 306 g/mol. The minimum absolute atomic E-state index is 0.0519. The van der Waals surface area contributed by atoms with E-state index in [2.05, 4.69) is 22.6 Å². The molecule has 0 bridgehead atoms. The summed E-state index contributed by atoms with van der Waals surface area (Å²) in [6.45, 7) is 7.87. The number of esters is 2. The van der Waals surface area contributed by atoms with Gasteiger partial charge in [-0.3, -0.25) is 4.57 Å². The number of hydrogen-bond acceptors (Lipinski definition) is 7. The maximum absolute atomic E-state index is 12.0. The van der Waals surface area contributed by atoms with Crippen molar-refractivity contribution >= 4 is 19.5 Å². The minimum atomic E-state index is -3.27. The van der Waals surface area contributed by atoms with Gasteiger partial charge in [0.15, 0.2) is 0 Å². The Hall–Kier alpha value is -1.43. The Morgan fingerprint density at radius 2 is 1.35 bits per heavy atom. The zero-order valence-corrected chi connectivity index (χ0v) is 12.3. The van der Waals surface area contributed by atoms with Crippen LogP contribution in [0.4, 0.5) is 0 Å². The van der Waals surface area contributed by atoms with Gasteiger partial charge in [-0.25, -0.2) is 9.59 Å². The molecule has 0 fully saturated rings. The summed E-state index contributed by atoms with van der Waals surface area (Å²) in [5.74, 6) is -1.17. The minimum Gasteiger partial charge on any atom is -0.460 e. The van der Waals surface area contributed by atoms with Crippen molar-refractivity contribution in [3.05, 3.63) is 25.3 Å². The fourth-order valence-corrected chi connectivity index (χ4v) is 2.12. The van der Waals surface area contributed by atoms with Crippen molar-refractivity contribution in [1.29, 1.82) is 0 Å². The SMILES string of the molecule is C=CC(=O)OCCOP(=O)(CC)OCCOC(=O)C=C. The van der Waals surface area contributed by atoms with Gasteiger partial charge >= 0.3 is 19.5 Å².